The first-order chi connectivity index (χ1) is 11.1. The predicted molar refractivity (Wildman–Crippen MR) is 89.4 cm³/mol. The number of amides is 1. The van der Waals surface area contributed by atoms with Crippen LogP contribution < -0.4 is 5.32 Å². The van der Waals surface area contributed by atoms with Crippen LogP contribution in [0.25, 0.3) is 0 Å². The molecule has 6 heteroatoms. The van der Waals surface area contributed by atoms with E-state index in [4.69, 9.17) is 4.74 Å². The molecule has 2 aromatic heterocycles. The Hall–Kier alpha value is -1.79. The van der Waals surface area contributed by atoms with E-state index in [9.17, 15) is 4.79 Å². The summed E-state index contributed by atoms with van der Waals surface area (Å²) in [6, 6.07) is 1.95. The molecular weight excluding hydrogens is 310 g/mol. The molecule has 1 aliphatic heterocycles. The van der Waals surface area contributed by atoms with E-state index in [-0.39, 0.29) is 11.5 Å². The summed E-state index contributed by atoms with van der Waals surface area (Å²) in [7, 11) is 0. The number of carbonyl (C=O) groups excluding carboxylic acids is 1. The van der Waals surface area contributed by atoms with Crippen molar-refractivity contribution in [1.29, 1.82) is 0 Å². The van der Waals surface area contributed by atoms with Gasteiger partial charge in [-0.2, -0.15) is 0 Å². The van der Waals surface area contributed by atoms with E-state index < -0.39 is 0 Å². The van der Waals surface area contributed by atoms with Gasteiger partial charge in [-0.15, -0.1) is 11.3 Å². The molecule has 0 aliphatic carbocycles. The van der Waals surface area contributed by atoms with Gasteiger partial charge in [-0.3, -0.25) is 4.79 Å². The smallest absolute Gasteiger partial charge is 0.261 e. The van der Waals surface area contributed by atoms with E-state index in [1.165, 1.54) is 11.3 Å². The van der Waals surface area contributed by atoms with E-state index in [1.54, 1.807) is 12.4 Å². The number of hydrogen-bond acceptors (Lipinski definition) is 5. The van der Waals surface area contributed by atoms with Gasteiger partial charge < -0.3 is 10.1 Å². The molecular formula is C17H21N3O2S. The van der Waals surface area contributed by atoms with Crippen molar-refractivity contribution in [3.8, 4) is 0 Å². The highest BCUT2D eigenvalue weighted by Crippen LogP contribution is 2.32. The minimum absolute atomic E-state index is 0.0517. The van der Waals surface area contributed by atoms with E-state index in [0.717, 1.165) is 47.7 Å². The van der Waals surface area contributed by atoms with Gasteiger partial charge in [0.1, 0.15) is 5.60 Å². The zero-order chi connectivity index (χ0) is 16.3. The molecule has 0 unspecified atom stereocenters. The average Bonchev–Trinajstić information content (AvgIpc) is 3.00. The Labute approximate surface area is 140 Å². The number of aryl methyl sites for hydroxylation is 1. The van der Waals surface area contributed by atoms with Crippen LogP contribution in [0.5, 0.6) is 0 Å². The highest BCUT2D eigenvalue weighted by molar-refractivity contribution is 7.12. The fraction of sp³-hybridized carbons (Fsp3) is 0.471. The van der Waals surface area contributed by atoms with Crippen LogP contribution in [0.15, 0.2) is 23.8 Å². The molecule has 0 saturated carbocycles. The highest BCUT2D eigenvalue weighted by atomic mass is 32.1. The molecule has 0 spiro atoms. The number of carbonyl (C=O) groups is 1. The molecule has 0 aromatic carbocycles. The van der Waals surface area contributed by atoms with Gasteiger partial charge in [0.05, 0.1) is 4.88 Å². The Morgan fingerprint density at radius 1 is 1.39 bits per heavy atom. The third-order valence-corrected chi connectivity index (χ3v) is 5.18. The second-order valence-corrected chi connectivity index (χ2v) is 6.98. The van der Waals surface area contributed by atoms with E-state index in [1.807, 2.05) is 25.3 Å². The molecule has 5 nitrogen and oxygen atoms in total. The third kappa shape index (κ3) is 3.59. The van der Waals surface area contributed by atoms with Gasteiger partial charge in [0.2, 0.25) is 0 Å². The fourth-order valence-electron chi connectivity index (χ4n) is 2.70. The predicted octanol–water partition coefficient (Wildman–Crippen LogP) is 3.19. The largest absolute Gasteiger partial charge is 0.367 e. The maximum atomic E-state index is 12.1. The molecule has 0 radical (unpaired) electrons. The van der Waals surface area contributed by atoms with Crippen molar-refractivity contribution in [3.63, 3.8) is 0 Å². The van der Waals surface area contributed by atoms with Crippen molar-refractivity contribution in [2.24, 2.45) is 0 Å². The molecule has 23 heavy (non-hydrogen) atoms. The van der Waals surface area contributed by atoms with Crippen LogP contribution in [0.1, 0.15) is 52.8 Å². The molecule has 1 amide bonds. The second kappa shape index (κ2) is 6.76. The zero-order valence-electron chi connectivity index (χ0n) is 13.5. The van der Waals surface area contributed by atoms with Gasteiger partial charge in [0, 0.05) is 31.1 Å². The maximum Gasteiger partial charge on any atom is 0.261 e. The van der Waals surface area contributed by atoms with Crippen LogP contribution in [-0.2, 0) is 16.9 Å². The van der Waals surface area contributed by atoms with Gasteiger partial charge in [-0.25, -0.2) is 9.97 Å². The molecule has 1 aliphatic rings. The standard InChI is InChI=1S/C17H21N3O2S/c1-12-5-8-23-14(12)15(21)18-9-13-10-19-16(20-11-13)17(2)6-3-4-7-22-17/h5,8,10-11H,3-4,6-7,9H2,1-2H3,(H,18,21)/t17-/m1/s1. The lowest BCUT2D eigenvalue weighted by molar-refractivity contribution is -0.0760. The normalized spacial score (nSPS) is 21.1. The molecule has 1 saturated heterocycles. The number of aromatic nitrogens is 2. The van der Waals surface area contributed by atoms with Gasteiger partial charge in [-0.05, 0) is 50.1 Å². The third-order valence-electron chi connectivity index (χ3n) is 4.17. The van der Waals surface area contributed by atoms with Gasteiger partial charge in [0.15, 0.2) is 5.82 Å². The fourth-order valence-corrected chi connectivity index (χ4v) is 3.54. The van der Waals surface area contributed by atoms with Gasteiger partial charge in [0.25, 0.3) is 5.91 Å². The summed E-state index contributed by atoms with van der Waals surface area (Å²) in [4.78, 5) is 21.8. The lowest BCUT2D eigenvalue weighted by Gasteiger charge is -2.32. The van der Waals surface area contributed by atoms with Crippen LogP contribution in [-0.4, -0.2) is 22.5 Å². The monoisotopic (exact) mass is 331 g/mol. The first-order valence-electron chi connectivity index (χ1n) is 7.86. The lowest BCUT2D eigenvalue weighted by Crippen LogP contribution is -2.32. The van der Waals surface area contributed by atoms with Crippen LogP contribution >= 0.6 is 11.3 Å². The van der Waals surface area contributed by atoms with Crippen molar-refractivity contribution in [2.45, 2.75) is 45.3 Å². The van der Waals surface area contributed by atoms with E-state index in [0.29, 0.717) is 6.54 Å². The quantitative estimate of drug-likeness (QED) is 0.934. The molecule has 1 atom stereocenters. The minimum Gasteiger partial charge on any atom is -0.367 e. The summed E-state index contributed by atoms with van der Waals surface area (Å²) in [5.41, 5.74) is 1.51. The van der Waals surface area contributed by atoms with Crippen molar-refractivity contribution in [2.75, 3.05) is 6.61 Å². The number of thiophene rings is 1. The first-order valence-corrected chi connectivity index (χ1v) is 8.74. The van der Waals surface area contributed by atoms with Crippen molar-refractivity contribution in [3.05, 3.63) is 45.7 Å². The maximum absolute atomic E-state index is 12.1. The number of ether oxygens (including phenoxy) is 1. The van der Waals surface area contributed by atoms with Gasteiger partial charge in [-0.1, -0.05) is 0 Å². The summed E-state index contributed by atoms with van der Waals surface area (Å²) in [5.74, 6) is 0.672. The molecule has 122 valence electrons. The molecule has 0 bridgehead atoms. The number of rotatable bonds is 4. The topological polar surface area (TPSA) is 64.1 Å². The number of nitrogens with one attached hydrogen (secondary N) is 1. The Kier molecular flexibility index (Phi) is 4.73. The van der Waals surface area contributed by atoms with Crippen LogP contribution in [0.4, 0.5) is 0 Å². The molecule has 3 heterocycles. The summed E-state index contributed by atoms with van der Waals surface area (Å²) in [5, 5.41) is 4.83. The summed E-state index contributed by atoms with van der Waals surface area (Å²) in [6.45, 7) is 5.17. The lowest BCUT2D eigenvalue weighted by atomic mass is 9.95. The Balaban J connectivity index is 1.61. The average molecular weight is 331 g/mol. The SMILES string of the molecule is Cc1ccsc1C(=O)NCc1cnc([C@@]2(C)CCCCO2)nc1. The summed E-state index contributed by atoms with van der Waals surface area (Å²) in [6.07, 6.45) is 6.72. The second-order valence-electron chi connectivity index (χ2n) is 6.07. The van der Waals surface area contributed by atoms with Crippen molar-refractivity contribution >= 4 is 17.2 Å². The van der Waals surface area contributed by atoms with E-state index in [2.05, 4.69) is 15.3 Å². The summed E-state index contributed by atoms with van der Waals surface area (Å²) >= 11 is 1.45. The van der Waals surface area contributed by atoms with Crippen molar-refractivity contribution < 1.29 is 9.53 Å². The zero-order valence-corrected chi connectivity index (χ0v) is 14.3. The Morgan fingerprint density at radius 2 is 2.17 bits per heavy atom. The van der Waals surface area contributed by atoms with Crippen molar-refractivity contribution in [1.82, 2.24) is 15.3 Å². The Morgan fingerprint density at radius 3 is 2.78 bits per heavy atom. The van der Waals surface area contributed by atoms with E-state index >= 15 is 0 Å². The van der Waals surface area contributed by atoms with Crippen LogP contribution in [0.2, 0.25) is 0 Å². The minimum atomic E-state index is -0.381. The molecule has 3 rings (SSSR count). The number of hydrogen-bond donors (Lipinski definition) is 1. The van der Waals surface area contributed by atoms with Crippen LogP contribution in [0.3, 0.4) is 0 Å². The highest BCUT2D eigenvalue weighted by Gasteiger charge is 2.32. The van der Waals surface area contributed by atoms with Crippen LogP contribution in [0, 0.1) is 6.92 Å². The molecule has 2 aromatic rings. The number of nitrogens with zero attached hydrogens (tertiary/aromatic N) is 2. The molecule has 1 fully saturated rings. The summed E-state index contributed by atoms with van der Waals surface area (Å²) < 4.78 is 5.86. The first kappa shape index (κ1) is 16.1. The Bertz CT molecular complexity index is 675. The molecule has 1 N–H and O–H groups in total. The van der Waals surface area contributed by atoms with Gasteiger partial charge >= 0.3 is 0 Å².